The van der Waals surface area contributed by atoms with Crippen LogP contribution in [0.4, 0.5) is 4.39 Å². The molecule has 1 aromatic carbocycles. The zero-order valence-electron chi connectivity index (χ0n) is 11.7. The summed E-state index contributed by atoms with van der Waals surface area (Å²) in [4.78, 5) is 0. The lowest BCUT2D eigenvalue weighted by atomic mass is 10.0. The molecule has 108 valence electrons. The summed E-state index contributed by atoms with van der Waals surface area (Å²) in [6.07, 6.45) is 1.48. The Kier molecular flexibility index (Phi) is 4.74. The van der Waals surface area contributed by atoms with Crippen LogP contribution >= 0.6 is 0 Å². The monoisotopic (exact) mass is 278 g/mol. The number of nitrogens with zero attached hydrogens (tertiary/aromatic N) is 1. The van der Waals surface area contributed by atoms with Crippen LogP contribution in [0.2, 0.25) is 0 Å². The van der Waals surface area contributed by atoms with Crippen LogP contribution in [0, 0.1) is 12.7 Å². The predicted octanol–water partition coefficient (Wildman–Crippen LogP) is 2.98. The van der Waals surface area contributed by atoms with E-state index in [-0.39, 0.29) is 18.5 Å². The van der Waals surface area contributed by atoms with Gasteiger partial charge in [-0.2, -0.15) is 0 Å². The Hall–Kier alpha value is -1.88. The van der Waals surface area contributed by atoms with Crippen LogP contribution in [0.15, 0.2) is 28.8 Å². The number of hydrogen-bond acceptors (Lipinski definition) is 4. The lowest BCUT2D eigenvalue weighted by Crippen LogP contribution is -2.21. The highest BCUT2D eigenvalue weighted by Crippen LogP contribution is 2.19. The molecule has 2 aromatic rings. The Labute approximate surface area is 117 Å². The van der Waals surface area contributed by atoms with E-state index in [9.17, 15) is 4.39 Å². The largest absolute Gasteiger partial charge is 0.487 e. The van der Waals surface area contributed by atoms with Gasteiger partial charge in [-0.05, 0) is 37.5 Å². The van der Waals surface area contributed by atoms with E-state index in [4.69, 9.17) is 15.0 Å². The van der Waals surface area contributed by atoms with Crippen LogP contribution < -0.4 is 10.5 Å². The second-order valence-electron chi connectivity index (χ2n) is 4.89. The second-order valence-corrected chi connectivity index (χ2v) is 4.89. The Morgan fingerprint density at radius 3 is 2.80 bits per heavy atom. The van der Waals surface area contributed by atoms with Crippen molar-refractivity contribution in [3.05, 3.63) is 47.1 Å². The Bertz CT molecular complexity index is 569. The van der Waals surface area contributed by atoms with Crippen molar-refractivity contribution in [2.75, 3.05) is 0 Å². The van der Waals surface area contributed by atoms with Crippen LogP contribution in [0.25, 0.3) is 0 Å². The van der Waals surface area contributed by atoms with Crippen LogP contribution in [-0.2, 0) is 13.0 Å². The molecule has 0 fully saturated rings. The Balaban J connectivity index is 2.03. The van der Waals surface area contributed by atoms with E-state index in [0.29, 0.717) is 17.9 Å². The minimum Gasteiger partial charge on any atom is -0.487 e. The van der Waals surface area contributed by atoms with Gasteiger partial charge in [-0.25, -0.2) is 4.39 Å². The molecule has 0 aliphatic heterocycles. The summed E-state index contributed by atoms with van der Waals surface area (Å²) in [5.41, 5.74) is 7.41. The third-order valence-electron chi connectivity index (χ3n) is 3.02. The number of aryl methyl sites for hydroxylation is 1. The minimum atomic E-state index is -0.322. The molecule has 1 heterocycles. The fourth-order valence-corrected chi connectivity index (χ4v) is 1.91. The molecule has 0 saturated carbocycles. The molecule has 0 aliphatic carbocycles. The van der Waals surface area contributed by atoms with Crippen molar-refractivity contribution >= 4 is 0 Å². The molecule has 20 heavy (non-hydrogen) atoms. The number of halogens is 1. The zero-order valence-corrected chi connectivity index (χ0v) is 11.7. The molecular weight excluding hydrogens is 259 g/mol. The zero-order chi connectivity index (χ0) is 14.5. The maximum absolute atomic E-state index is 13.6. The van der Waals surface area contributed by atoms with Crippen molar-refractivity contribution in [2.45, 2.75) is 39.3 Å². The van der Waals surface area contributed by atoms with E-state index >= 15 is 0 Å². The summed E-state index contributed by atoms with van der Waals surface area (Å²) in [5, 5.41) is 3.82. The first kappa shape index (κ1) is 14.5. The summed E-state index contributed by atoms with van der Waals surface area (Å²) < 4.78 is 24.0. The lowest BCUT2D eigenvalue weighted by molar-refractivity contribution is 0.286. The Morgan fingerprint density at radius 2 is 2.15 bits per heavy atom. The topological polar surface area (TPSA) is 61.3 Å². The van der Waals surface area contributed by atoms with E-state index in [2.05, 4.69) is 5.16 Å². The van der Waals surface area contributed by atoms with Crippen LogP contribution in [0.5, 0.6) is 5.75 Å². The van der Waals surface area contributed by atoms with Gasteiger partial charge in [0.1, 0.15) is 29.6 Å². The smallest absolute Gasteiger partial charge is 0.134 e. The normalized spacial score (nSPS) is 12.4. The van der Waals surface area contributed by atoms with Gasteiger partial charge in [0.2, 0.25) is 0 Å². The van der Waals surface area contributed by atoms with Crippen LogP contribution in [0.3, 0.4) is 0 Å². The average Bonchev–Trinajstić information content (AvgIpc) is 2.81. The molecule has 0 bridgehead atoms. The molecule has 1 unspecified atom stereocenters. The van der Waals surface area contributed by atoms with Gasteiger partial charge in [0, 0.05) is 18.2 Å². The molecule has 1 atom stereocenters. The summed E-state index contributed by atoms with van der Waals surface area (Å²) in [6, 6.07) is 6.47. The number of rotatable bonds is 6. The molecule has 2 rings (SSSR count). The van der Waals surface area contributed by atoms with E-state index in [1.807, 2.05) is 19.9 Å². The van der Waals surface area contributed by atoms with Gasteiger partial charge >= 0.3 is 0 Å². The van der Waals surface area contributed by atoms with Crippen molar-refractivity contribution in [1.29, 1.82) is 0 Å². The van der Waals surface area contributed by atoms with E-state index in [1.54, 1.807) is 6.07 Å². The maximum atomic E-state index is 13.6. The molecule has 1 aromatic heterocycles. The van der Waals surface area contributed by atoms with Crippen LogP contribution in [-0.4, -0.2) is 11.2 Å². The molecule has 0 amide bonds. The molecular formula is C15H19FN2O2. The third-order valence-corrected chi connectivity index (χ3v) is 3.02. The van der Waals surface area contributed by atoms with Gasteiger partial charge in [0.05, 0.1) is 0 Å². The van der Waals surface area contributed by atoms with Crippen molar-refractivity contribution in [2.24, 2.45) is 5.73 Å². The average molecular weight is 278 g/mol. The van der Waals surface area contributed by atoms with Gasteiger partial charge in [0.25, 0.3) is 0 Å². The highest BCUT2D eigenvalue weighted by Gasteiger charge is 2.07. The van der Waals surface area contributed by atoms with Crippen molar-refractivity contribution < 1.29 is 13.7 Å². The quantitative estimate of drug-likeness (QED) is 0.882. The summed E-state index contributed by atoms with van der Waals surface area (Å²) in [6.45, 7) is 4.07. The predicted molar refractivity (Wildman–Crippen MR) is 73.9 cm³/mol. The number of aromatic nitrogens is 1. The van der Waals surface area contributed by atoms with Crippen molar-refractivity contribution in [3.63, 3.8) is 0 Å². The van der Waals surface area contributed by atoms with Gasteiger partial charge < -0.3 is 15.0 Å². The molecule has 2 N–H and O–H groups in total. The molecule has 0 radical (unpaired) electrons. The van der Waals surface area contributed by atoms with E-state index < -0.39 is 0 Å². The first-order valence-corrected chi connectivity index (χ1v) is 6.67. The number of ether oxygens (including phenoxy) is 1. The lowest BCUT2D eigenvalue weighted by Gasteiger charge is -2.11. The van der Waals surface area contributed by atoms with Crippen molar-refractivity contribution in [1.82, 2.24) is 5.16 Å². The van der Waals surface area contributed by atoms with Gasteiger partial charge in [-0.15, -0.1) is 0 Å². The van der Waals surface area contributed by atoms with Gasteiger partial charge in [-0.1, -0.05) is 12.1 Å². The highest BCUT2D eigenvalue weighted by molar-refractivity contribution is 5.30. The first-order chi connectivity index (χ1) is 9.56. The fourth-order valence-electron chi connectivity index (χ4n) is 1.91. The molecule has 0 spiro atoms. The first-order valence-electron chi connectivity index (χ1n) is 6.67. The molecule has 0 saturated heterocycles. The van der Waals surface area contributed by atoms with Gasteiger partial charge in [0.15, 0.2) is 0 Å². The Morgan fingerprint density at radius 1 is 1.35 bits per heavy atom. The summed E-state index contributed by atoms with van der Waals surface area (Å²) >= 11 is 0. The fraction of sp³-hybridized carbons (Fsp3) is 0.400. The number of benzene rings is 1. The summed E-state index contributed by atoms with van der Waals surface area (Å²) in [5.74, 6) is 0.874. The SMILES string of the molecule is CCC(N)Cc1cc(F)cc(OCc2cc(C)on2)c1. The number of nitrogens with two attached hydrogens (primary N) is 1. The molecule has 0 aliphatic rings. The minimum absolute atomic E-state index is 0.0304. The highest BCUT2D eigenvalue weighted by atomic mass is 19.1. The summed E-state index contributed by atoms with van der Waals surface area (Å²) in [7, 11) is 0. The standard InChI is InChI=1S/C15H19FN2O2/c1-3-13(17)6-11-5-12(16)8-15(7-11)19-9-14-4-10(2)20-18-14/h4-5,7-8,13H,3,6,9,17H2,1-2H3. The maximum Gasteiger partial charge on any atom is 0.134 e. The molecule has 5 heteroatoms. The van der Waals surface area contributed by atoms with Crippen LogP contribution in [0.1, 0.15) is 30.4 Å². The third kappa shape index (κ3) is 4.06. The van der Waals surface area contributed by atoms with Crippen molar-refractivity contribution in [3.8, 4) is 5.75 Å². The molecule has 4 nitrogen and oxygen atoms in total. The van der Waals surface area contributed by atoms with Gasteiger partial charge in [-0.3, -0.25) is 0 Å². The van der Waals surface area contributed by atoms with E-state index in [1.165, 1.54) is 12.1 Å². The van der Waals surface area contributed by atoms with E-state index in [0.717, 1.165) is 17.7 Å². The number of hydrogen-bond donors (Lipinski definition) is 1. The second kappa shape index (κ2) is 6.52.